The molecule has 0 heterocycles. The number of anilines is 1. The van der Waals surface area contributed by atoms with Gasteiger partial charge in [0.1, 0.15) is 5.60 Å². The summed E-state index contributed by atoms with van der Waals surface area (Å²) in [7, 11) is 0. The second-order valence-corrected chi connectivity index (χ2v) is 7.60. The van der Waals surface area contributed by atoms with E-state index >= 15 is 0 Å². The average molecular weight is 311 g/mol. The number of nitrogens with two attached hydrogens (primary N) is 1. The lowest BCUT2D eigenvalue weighted by molar-refractivity contribution is 0.0636. The van der Waals surface area contributed by atoms with Crippen LogP contribution in [0.4, 0.5) is 10.5 Å². The van der Waals surface area contributed by atoms with Gasteiger partial charge in [-0.15, -0.1) is 0 Å². The van der Waals surface area contributed by atoms with E-state index in [-0.39, 0.29) is 17.4 Å². The van der Waals surface area contributed by atoms with Crippen molar-refractivity contribution >= 4 is 23.4 Å². The van der Waals surface area contributed by atoms with Crippen LogP contribution in [0, 0.1) is 5.41 Å². The van der Waals surface area contributed by atoms with Crippen LogP contribution in [0.5, 0.6) is 0 Å². The molecular formula is C16H23ClN2O2. The Hall–Kier alpha value is -1.26. The summed E-state index contributed by atoms with van der Waals surface area (Å²) < 4.78 is 5.24. The number of hydrogen-bond acceptors (Lipinski definition) is 3. The van der Waals surface area contributed by atoms with Crippen molar-refractivity contribution in [2.75, 3.05) is 5.32 Å². The Balaban J connectivity index is 2.15. The molecule has 1 aliphatic carbocycles. The van der Waals surface area contributed by atoms with E-state index in [1.54, 1.807) is 12.1 Å². The molecule has 1 aliphatic rings. The number of hydrogen-bond donors (Lipinski definition) is 2. The fourth-order valence-corrected chi connectivity index (χ4v) is 2.79. The van der Waals surface area contributed by atoms with Crippen molar-refractivity contribution < 1.29 is 9.53 Å². The summed E-state index contributed by atoms with van der Waals surface area (Å²) in [6.45, 7) is 9.71. The largest absolute Gasteiger partial charge is 0.444 e. The van der Waals surface area contributed by atoms with E-state index in [4.69, 9.17) is 22.1 Å². The Kier molecular flexibility index (Phi) is 3.98. The molecule has 0 bridgehead atoms. The molecule has 5 heteroatoms. The van der Waals surface area contributed by atoms with Crippen molar-refractivity contribution in [3.8, 4) is 0 Å². The van der Waals surface area contributed by atoms with Crippen LogP contribution in [0.3, 0.4) is 0 Å². The maximum absolute atomic E-state index is 11.8. The molecule has 3 N–H and O–H groups in total. The number of amides is 1. The highest BCUT2D eigenvalue weighted by molar-refractivity contribution is 6.31. The summed E-state index contributed by atoms with van der Waals surface area (Å²) in [6.07, 6.45) is -0.477. The molecule has 2 atom stereocenters. The van der Waals surface area contributed by atoms with Crippen LogP contribution in [0.15, 0.2) is 18.2 Å². The molecule has 0 saturated heterocycles. The minimum atomic E-state index is -0.528. The highest BCUT2D eigenvalue weighted by Gasteiger charge is 2.56. The number of halogens is 1. The molecule has 0 radical (unpaired) electrons. The van der Waals surface area contributed by atoms with Gasteiger partial charge in [0.25, 0.3) is 0 Å². The average Bonchev–Trinajstić information content (AvgIpc) is 2.78. The number of benzene rings is 1. The summed E-state index contributed by atoms with van der Waals surface area (Å²) in [5, 5.41) is 3.41. The van der Waals surface area contributed by atoms with E-state index in [0.29, 0.717) is 10.7 Å². The molecule has 4 nitrogen and oxygen atoms in total. The van der Waals surface area contributed by atoms with Gasteiger partial charge in [-0.3, -0.25) is 5.32 Å². The van der Waals surface area contributed by atoms with Crippen molar-refractivity contribution in [3.63, 3.8) is 0 Å². The smallest absolute Gasteiger partial charge is 0.412 e. The van der Waals surface area contributed by atoms with Crippen molar-refractivity contribution in [1.29, 1.82) is 0 Å². The lowest BCUT2D eigenvalue weighted by atomic mass is 10.0. The van der Waals surface area contributed by atoms with Crippen molar-refractivity contribution in [3.05, 3.63) is 28.8 Å². The summed E-state index contributed by atoms with van der Waals surface area (Å²) in [4.78, 5) is 11.8. The zero-order valence-electron chi connectivity index (χ0n) is 13.2. The highest BCUT2D eigenvalue weighted by Crippen LogP contribution is 2.58. The Morgan fingerprint density at radius 3 is 2.43 bits per heavy atom. The van der Waals surface area contributed by atoms with E-state index in [0.717, 1.165) is 5.56 Å². The first-order valence-electron chi connectivity index (χ1n) is 7.07. The van der Waals surface area contributed by atoms with Gasteiger partial charge in [-0.25, -0.2) is 4.79 Å². The molecule has 0 spiro atoms. The van der Waals surface area contributed by atoms with Gasteiger partial charge in [-0.05, 0) is 49.9 Å². The van der Waals surface area contributed by atoms with Gasteiger partial charge >= 0.3 is 6.09 Å². The van der Waals surface area contributed by atoms with E-state index < -0.39 is 11.7 Å². The quantitative estimate of drug-likeness (QED) is 0.863. The molecule has 116 valence electrons. The normalized spacial score (nSPS) is 23.6. The SMILES string of the molecule is CC(C)(C)OC(=O)Nc1ccc(Cl)c([C@@H]2[C@@H](N)C2(C)C)c1. The zero-order chi connectivity index (χ0) is 16.0. The van der Waals surface area contributed by atoms with E-state index in [1.807, 2.05) is 26.8 Å². The molecule has 1 aromatic carbocycles. The van der Waals surface area contributed by atoms with Crippen LogP contribution in [0.1, 0.15) is 46.1 Å². The van der Waals surface area contributed by atoms with Crippen LogP contribution < -0.4 is 11.1 Å². The van der Waals surface area contributed by atoms with Crippen LogP contribution in [0.2, 0.25) is 5.02 Å². The molecule has 0 aromatic heterocycles. The molecule has 1 amide bonds. The Morgan fingerprint density at radius 2 is 1.95 bits per heavy atom. The van der Waals surface area contributed by atoms with Crippen LogP contribution in [-0.2, 0) is 4.74 Å². The minimum absolute atomic E-state index is 0.0359. The molecule has 0 unspecified atom stereocenters. The van der Waals surface area contributed by atoms with Crippen LogP contribution in [-0.4, -0.2) is 17.7 Å². The zero-order valence-corrected chi connectivity index (χ0v) is 13.9. The van der Waals surface area contributed by atoms with Gasteiger partial charge in [0.15, 0.2) is 0 Å². The third-order valence-corrected chi connectivity index (χ3v) is 4.23. The van der Waals surface area contributed by atoms with E-state index in [2.05, 4.69) is 19.2 Å². The maximum atomic E-state index is 11.8. The Labute approximate surface area is 131 Å². The van der Waals surface area contributed by atoms with Crippen LogP contribution >= 0.6 is 11.6 Å². The summed E-state index contributed by atoms with van der Waals surface area (Å²) in [6, 6.07) is 5.51. The molecular weight excluding hydrogens is 288 g/mol. The topological polar surface area (TPSA) is 64.3 Å². The minimum Gasteiger partial charge on any atom is -0.444 e. The first-order valence-corrected chi connectivity index (χ1v) is 7.45. The van der Waals surface area contributed by atoms with E-state index in [9.17, 15) is 4.79 Å². The summed E-state index contributed by atoms with van der Waals surface area (Å²) in [5.41, 5.74) is 7.26. The van der Waals surface area contributed by atoms with Gasteiger partial charge < -0.3 is 10.5 Å². The van der Waals surface area contributed by atoms with Gasteiger partial charge in [-0.1, -0.05) is 25.4 Å². The first kappa shape index (κ1) is 16.1. The van der Waals surface area contributed by atoms with Crippen LogP contribution in [0.25, 0.3) is 0 Å². The van der Waals surface area contributed by atoms with E-state index in [1.165, 1.54) is 0 Å². The van der Waals surface area contributed by atoms with Gasteiger partial charge in [0.2, 0.25) is 0 Å². The number of ether oxygens (including phenoxy) is 1. The lowest BCUT2D eigenvalue weighted by Gasteiger charge is -2.20. The van der Waals surface area contributed by atoms with Crippen molar-refractivity contribution in [2.24, 2.45) is 11.1 Å². The third-order valence-electron chi connectivity index (χ3n) is 3.89. The fourth-order valence-electron chi connectivity index (χ4n) is 2.55. The predicted molar refractivity (Wildman–Crippen MR) is 85.8 cm³/mol. The number of nitrogens with one attached hydrogen (secondary N) is 1. The Morgan fingerprint density at radius 1 is 1.38 bits per heavy atom. The monoisotopic (exact) mass is 310 g/mol. The fraction of sp³-hybridized carbons (Fsp3) is 0.562. The number of carbonyl (C=O) groups is 1. The highest BCUT2D eigenvalue weighted by atomic mass is 35.5. The second-order valence-electron chi connectivity index (χ2n) is 7.19. The predicted octanol–water partition coefficient (Wildman–Crippen LogP) is 4.14. The Bertz CT molecular complexity index is 564. The molecule has 1 saturated carbocycles. The maximum Gasteiger partial charge on any atom is 0.412 e. The molecule has 1 fully saturated rings. The van der Waals surface area contributed by atoms with Crippen molar-refractivity contribution in [2.45, 2.75) is 52.2 Å². The molecule has 2 rings (SSSR count). The number of carbonyl (C=O) groups excluding carboxylic acids is 1. The molecule has 1 aromatic rings. The lowest BCUT2D eigenvalue weighted by Crippen LogP contribution is -2.27. The van der Waals surface area contributed by atoms with Gasteiger partial charge in [0.05, 0.1) is 0 Å². The standard InChI is InChI=1S/C16H23ClN2O2/c1-15(2,3)21-14(20)19-9-6-7-11(17)10(8-9)12-13(18)16(12,4)5/h6-8,12-13H,18H2,1-5H3,(H,19,20)/t12-,13-/m1/s1. The number of rotatable bonds is 2. The molecule has 21 heavy (non-hydrogen) atoms. The summed E-state index contributed by atoms with van der Waals surface area (Å²) >= 11 is 6.27. The van der Waals surface area contributed by atoms with Gasteiger partial charge in [-0.2, -0.15) is 0 Å². The second kappa shape index (κ2) is 5.18. The first-order chi connectivity index (χ1) is 9.52. The summed E-state index contributed by atoms with van der Waals surface area (Å²) in [5.74, 6) is 0.213. The third kappa shape index (κ3) is 3.50. The van der Waals surface area contributed by atoms with Gasteiger partial charge in [0, 0.05) is 22.7 Å². The molecule has 0 aliphatic heterocycles. The van der Waals surface area contributed by atoms with Crippen molar-refractivity contribution in [1.82, 2.24) is 0 Å².